The van der Waals surface area contributed by atoms with Crippen LogP contribution in [0.1, 0.15) is 17.2 Å². The van der Waals surface area contributed by atoms with Crippen molar-refractivity contribution in [2.24, 2.45) is 0 Å². The largest absolute Gasteiger partial charge is 0.384 e. The maximum atomic E-state index is 13.8. The molecule has 0 saturated carbocycles. The molecule has 3 aromatic carbocycles. The molecule has 3 heteroatoms. The predicted octanol–water partition coefficient (Wildman–Crippen LogP) is 4.71. The first-order valence-corrected chi connectivity index (χ1v) is 6.66. The third-order valence-electron chi connectivity index (χ3n) is 3.40. The zero-order valence-corrected chi connectivity index (χ0v) is 11.3. The number of benzene rings is 3. The monoisotopic (exact) mass is 286 g/mol. The Morgan fingerprint density at radius 2 is 1.45 bits per heavy atom. The van der Waals surface area contributed by atoms with Crippen molar-refractivity contribution in [2.45, 2.75) is 6.10 Å². The van der Waals surface area contributed by atoms with Gasteiger partial charge in [-0.15, -0.1) is 0 Å². The molecule has 0 aliphatic rings. The second kappa shape index (κ2) is 5.23. The second-order valence-corrected chi connectivity index (χ2v) is 5.01. The van der Waals surface area contributed by atoms with Gasteiger partial charge in [0.05, 0.1) is 0 Å². The van der Waals surface area contributed by atoms with Crippen molar-refractivity contribution in [3.8, 4) is 0 Å². The number of halogens is 2. The molecule has 0 aromatic heterocycles. The van der Waals surface area contributed by atoms with Crippen molar-refractivity contribution in [2.75, 3.05) is 0 Å². The van der Waals surface area contributed by atoms with Crippen molar-refractivity contribution in [1.82, 2.24) is 0 Å². The van der Waals surface area contributed by atoms with E-state index in [1.54, 1.807) is 30.3 Å². The van der Waals surface area contributed by atoms with E-state index in [-0.39, 0.29) is 5.56 Å². The molecule has 3 aromatic rings. The minimum atomic E-state index is -1.02. The molecule has 0 radical (unpaired) electrons. The molecule has 0 bridgehead atoms. The van der Waals surface area contributed by atoms with Crippen molar-refractivity contribution in [3.63, 3.8) is 0 Å². The summed E-state index contributed by atoms with van der Waals surface area (Å²) in [6.07, 6.45) is -1.02. The molecule has 100 valence electrons. The number of hydrogen-bond acceptors (Lipinski definition) is 1. The minimum absolute atomic E-state index is 0.264. The second-order valence-electron chi connectivity index (χ2n) is 4.61. The van der Waals surface area contributed by atoms with Gasteiger partial charge in [0.15, 0.2) is 0 Å². The van der Waals surface area contributed by atoms with Crippen LogP contribution in [0.3, 0.4) is 0 Å². The summed E-state index contributed by atoms with van der Waals surface area (Å²) in [5.74, 6) is -0.418. The zero-order chi connectivity index (χ0) is 14.1. The first-order valence-electron chi connectivity index (χ1n) is 6.28. The third kappa shape index (κ3) is 2.17. The lowest BCUT2D eigenvalue weighted by molar-refractivity contribution is 0.216. The highest BCUT2D eigenvalue weighted by Crippen LogP contribution is 2.33. The molecule has 0 aliphatic heterocycles. The van der Waals surface area contributed by atoms with Gasteiger partial charge in [0.25, 0.3) is 0 Å². The van der Waals surface area contributed by atoms with Crippen LogP contribution in [-0.4, -0.2) is 5.11 Å². The fourth-order valence-corrected chi connectivity index (χ4v) is 2.62. The summed E-state index contributed by atoms with van der Waals surface area (Å²) in [6, 6.07) is 17.2. The maximum Gasteiger partial charge on any atom is 0.129 e. The average Bonchev–Trinajstić information content (AvgIpc) is 2.48. The lowest BCUT2D eigenvalue weighted by atomic mass is 9.95. The Balaban J connectivity index is 2.20. The highest BCUT2D eigenvalue weighted by atomic mass is 35.5. The highest BCUT2D eigenvalue weighted by molar-refractivity contribution is 6.35. The van der Waals surface area contributed by atoms with Gasteiger partial charge in [-0.2, -0.15) is 0 Å². The van der Waals surface area contributed by atoms with Crippen LogP contribution in [0.5, 0.6) is 0 Å². The standard InChI is InChI=1S/C17H12ClFO/c18-15-10-9-13(11-5-1-2-6-12(11)15)17(20)14-7-3-4-8-16(14)19/h1-10,17,20H. The van der Waals surface area contributed by atoms with Gasteiger partial charge in [0.1, 0.15) is 11.9 Å². The van der Waals surface area contributed by atoms with E-state index < -0.39 is 11.9 Å². The van der Waals surface area contributed by atoms with Crippen LogP contribution in [0.25, 0.3) is 10.8 Å². The molecule has 0 heterocycles. The van der Waals surface area contributed by atoms with E-state index in [0.717, 1.165) is 10.8 Å². The van der Waals surface area contributed by atoms with Crippen molar-refractivity contribution in [3.05, 3.63) is 82.6 Å². The molecular formula is C17H12ClFO. The van der Waals surface area contributed by atoms with Crippen LogP contribution in [0.15, 0.2) is 60.7 Å². The number of fused-ring (bicyclic) bond motifs is 1. The Hall–Kier alpha value is -1.90. The maximum absolute atomic E-state index is 13.8. The summed E-state index contributed by atoms with van der Waals surface area (Å²) in [7, 11) is 0. The molecule has 0 aliphatic carbocycles. The van der Waals surface area contributed by atoms with Crippen molar-refractivity contribution < 1.29 is 9.50 Å². The Morgan fingerprint density at radius 3 is 2.20 bits per heavy atom. The molecule has 1 nitrogen and oxygen atoms in total. The van der Waals surface area contributed by atoms with Crippen LogP contribution in [0.4, 0.5) is 4.39 Å². The van der Waals surface area contributed by atoms with E-state index in [9.17, 15) is 9.50 Å². The van der Waals surface area contributed by atoms with Gasteiger partial charge in [0.2, 0.25) is 0 Å². The van der Waals surface area contributed by atoms with Crippen molar-refractivity contribution >= 4 is 22.4 Å². The SMILES string of the molecule is OC(c1ccccc1F)c1ccc(Cl)c2ccccc12. The van der Waals surface area contributed by atoms with E-state index in [0.29, 0.717) is 10.6 Å². The average molecular weight is 287 g/mol. The molecule has 0 saturated heterocycles. The Labute approximate surface area is 121 Å². The summed E-state index contributed by atoms with van der Waals surface area (Å²) in [6.45, 7) is 0. The summed E-state index contributed by atoms with van der Waals surface area (Å²) in [5, 5.41) is 12.8. The lowest BCUT2D eigenvalue weighted by Crippen LogP contribution is -2.03. The summed E-state index contributed by atoms with van der Waals surface area (Å²) in [5.41, 5.74) is 0.912. The topological polar surface area (TPSA) is 20.2 Å². The smallest absolute Gasteiger partial charge is 0.129 e. The molecular weight excluding hydrogens is 275 g/mol. The Bertz CT molecular complexity index is 770. The van der Waals surface area contributed by atoms with E-state index in [1.807, 2.05) is 24.3 Å². The molecule has 0 spiro atoms. The zero-order valence-electron chi connectivity index (χ0n) is 10.6. The van der Waals surface area contributed by atoms with Crippen LogP contribution in [0, 0.1) is 5.82 Å². The van der Waals surface area contributed by atoms with E-state index in [2.05, 4.69) is 0 Å². The predicted molar refractivity (Wildman–Crippen MR) is 79.4 cm³/mol. The minimum Gasteiger partial charge on any atom is -0.384 e. The van der Waals surface area contributed by atoms with Gasteiger partial charge in [-0.3, -0.25) is 0 Å². The van der Waals surface area contributed by atoms with Crippen molar-refractivity contribution in [1.29, 1.82) is 0 Å². The Morgan fingerprint density at radius 1 is 0.800 bits per heavy atom. The fraction of sp³-hybridized carbons (Fsp3) is 0.0588. The molecule has 1 atom stereocenters. The van der Waals surface area contributed by atoms with Crippen LogP contribution >= 0.6 is 11.6 Å². The first kappa shape index (κ1) is 13.1. The highest BCUT2D eigenvalue weighted by Gasteiger charge is 2.17. The molecule has 1 unspecified atom stereocenters. The van der Waals surface area contributed by atoms with Gasteiger partial charge in [-0.05, 0) is 23.1 Å². The van der Waals surface area contributed by atoms with Crippen LogP contribution in [0.2, 0.25) is 5.02 Å². The van der Waals surface area contributed by atoms with Gasteiger partial charge in [-0.25, -0.2) is 4.39 Å². The first-order chi connectivity index (χ1) is 9.68. The lowest BCUT2D eigenvalue weighted by Gasteiger charge is -2.15. The van der Waals surface area contributed by atoms with Crippen LogP contribution in [-0.2, 0) is 0 Å². The number of aliphatic hydroxyl groups is 1. The number of hydrogen-bond donors (Lipinski definition) is 1. The third-order valence-corrected chi connectivity index (χ3v) is 3.73. The number of aliphatic hydroxyl groups excluding tert-OH is 1. The molecule has 1 N–H and O–H groups in total. The van der Waals surface area contributed by atoms with E-state index in [4.69, 9.17) is 11.6 Å². The fourth-order valence-electron chi connectivity index (χ4n) is 2.39. The van der Waals surface area contributed by atoms with Gasteiger partial charge < -0.3 is 5.11 Å². The van der Waals surface area contributed by atoms with E-state index >= 15 is 0 Å². The summed E-state index contributed by atoms with van der Waals surface area (Å²) in [4.78, 5) is 0. The van der Waals surface area contributed by atoms with E-state index in [1.165, 1.54) is 6.07 Å². The Kier molecular flexibility index (Phi) is 3.43. The normalized spacial score (nSPS) is 12.6. The number of rotatable bonds is 2. The molecule has 0 fully saturated rings. The van der Waals surface area contributed by atoms with Gasteiger partial charge in [0, 0.05) is 16.0 Å². The van der Waals surface area contributed by atoms with Gasteiger partial charge >= 0.3 is 0 Å². The summed E-state index contributed by atoms with van der Waals surface area (Å²) >= 11 is 6.16. The van der Waals surface area contributed by atoms with Gasteiger partial charge in [-0.1, -0.05) is 60.1 Å². The molecule has 20 heavy (non-hydrogen) atoms. The van der Waals surface area contributed by atoms with Crippen LogP contribution < -0.4 is 0 Å². The summed E-state index contributed by atoms with van der Waals surface area (Å²) < 4.78 is 13.8. The quantitative estimate of drug-likeness (QED) is 0.723. The molecule has 0 amide bonds. The molecule has 3 rings (SSSR count).